The summed E-state index contributed by atoms with van der Waals surface area (Å²) in [6.07, 6.45) is 3.34. The molecular formula is C13H20N2O2S. The van der Waals surface area contributed by atoms with Crippen LogP contribution in [-0.4, -0.2) is 21.5 Å². The predicted octanol–water partition coefficient (Wildman–Crippen LogP) is 1.34. The second kappa shape index (κ2) is 5.82. The van der Waals surface area contributed by atoms with E-state index in [0.717, 1.165) is 19.3 Å². The van der Waals surface area contributed by atoms with E-state index in [1.807, 2.05) is 0 Å². The van der Waals surface area contributed by atoms with E-state index >= 15 is 0 Å². The molecule has 0 radical (unpaired) electrons. The van der Waals surface area contributed by atoms with Gasteiger partial charge in [0.15, 0.2) is 0 Å². The second-order valence-electron chi connectivity index (χ2n) is 4.85. The van der Waals surface area contributed by atoms with Crippen LogP contribution < -0.4 is 10.5 Å². The van der Waals surface area contributed by atoms with Crippen molar-refractivity contribution in [2.45, 2.75) is 24.2 Å². The molecule has 0 bridgehead atoms. The molecule has 1 aliphatic carbocycles. The van der Waals surface area contributed by atoms with Gasteiger partial charge in [-0.3, -0.25) is 0 Å². The van der Waals surface area contributed by atoms with Crippen molar-refractivity contribution in [1.29, 1.82) is 0 Å². The third-order valence-corrected chi connectivity index (χ3v) is 5.15. The minimum Gasteiger partial charge on any atom is -0.330 e. The highest BCUT2D eigenvalue weighted by molar-refractivity contribution is 7.89. The molecule has 18 heavy (non-hydrogen) atoms. The van der Waals surface area contributed by atoms with Gasteiger partial charge in [-0.2, -0.15) is 0 Å². The Balaban J connectivity index is 1.98. The number of hydrogen-bond acceptors (Lipinski definition) is 3. The third-order valence-electron chi connectivity index (χ3n) is 3.71. The van der Waals surface area contributed by atoms with Crippen molar-refractivity contribution in [3.05, 3.63) is 30.3 Å². The van der Waals surface area contributed by atoms with Gasteiger partial charge in [0.2, 0.25) is 10.0 Å². The maximum Gasteiger partial charge on any atom is 0.240 e. The zero-order valence-corrected chi connectivity index (χ0v) is 11.2. The molecule has 3 N–H and O–H groups in total. The summed E-state index contributed by atoms with van der Waals surface area (Å²) in [5, 5.41) is 0. The van der Waals surface area contributed by atoms with Crippen LogP contribution in [0, 0.1) is 11.8 Å². The Kier molecular flexibility index (Phi) is 4.37. The van der Waals surface area contributed by atoms with Gasteiger partial charge in [0.1, 0.15) is 0 Å². The van der Waals surface area contributed by atoms with Crippen LogP contribution in [-0.2, 0) is 10.0 Å². The molecule has 1 aromatic rings. The van der Waals surface area contributed by atoms with Gasteiger partial charge in [0.25, 0.3) is 0 Å². The van der Waals surface area contributed by atoms with E-state index in [2.05, 4.69) is 4.72 Å². The Bertz CT molecular complexity index is 473. The fraction of sp³-hybridized carbons (Fsp3) is 0.538. The summed E-state index contributed by atoms with van der Waals surface area (Å²) in [7, 11) is -3.37. The van der Waals surface area contributed by atoms with E-state index in [9.17, 15) is 8.42 Å². The van der Waals surface area contributed by atoms with Crippen LogP contribution in [0.5, 0.6) is 0 Å². The Morgan fingerprint density at radius 1 is 1.17 bits per heavy atom. The van der Waals surface area contributed by atoms with E-state index in [1.165, 1.54) is 0 Å². The minimum atomic E-state index is -3.37. The van der Waals surface area contributed by atoms with Crippen molar-refractivity contribution in [3.63, 3.8) is 0 Å². The molecule has 0 aromatic heterocycles. The molecule has 0 heterocycles. The van der Waals surface area contributed by atoms with Crippen molar-refractivity contribution < 1.29 is 8.42 Å². The normalized spacial score (nSPS) is 24.3. The van der Waals surface area contributed by atoms with Gasteiger partial charge in [-0.15, -0.1) is 0 Å². The molecule has 1 aliphatic rings. The van der Waals surface area contributed by atoms with Crippen LogP contribution in [0.15, 0.2) is 35.2 Å². The van der Waals surface area contributed by atoms with Gasteiger partial charge < -0.3 is 5.73 Å². The fourth-order valence-electron chi connectivity index (χ4n) is 2.59. The summed E-state index contributed by atoms with van der Waals surface area (Å²) >= 11 is 0. The topological polar surface area (TPSA) is 72.2 Å². The van der Waals surface area contributed by atoms with Crippen LogP contribution in [0.3, 0.4) is 0 Å². The van der Waals surface area contributed by atoms with E-state index in [-0.39, 0.29) is 0 Å². The SMILES string of the molecule is NCC1CCCC1CNS(=O)(=O)c1ccccc1. The number of hydrogen-bond donors (Lipinski definition) is 2. The van der Waals surface area contributed by atoms with Crippen LogP contribution in [0.2, 0.25) is 0 Å². The smallest absolute Gasteiger partial charge is 0.240 e. The van der Waals surface area contributed by atoms with Crippen molar-refractivity contribution in [1.82, 2.24) is 4.72 Å². The third kappa shape index (κ3) is 3.10. The van der Waals surface area contributed by atoms with Gasteiger partial charge in [-0.25, -0.2) is 13.1 Å². The van der Waals surface area contributed by atoms with Gasteiger partial charge in [-0.1, -0.05) is 24.6 Å². The van der Waals surface area contributed by atoms with Gasteiger partial charge >= 0.3 is 0 Å². The summed E-state index contributed by atoms with van der Waals surface area (Å²) in [5.41, 5.74) is 5.70. The standard InChI is InChI=1S/C13H20N2O2S/c14-9-11-5-4-6-12(11)10-15-18(16,17)13-7-2-1-3-8-13/h1-3,7-8,11-12,15H,4-6,9-10,14H2. The van der Waals surface area contributed by atoms with Gasteiger partial charge in [-0.05, 0) is 43.4 Å². The van der Waals surface area contributed by atoms with Crippen LogP contribution in [0.4, 0.5) is 0 Å². The Hall–Kier alpha value is -0.910. The quantitative estimate of drug-likeness (QED) is 0.846. The minimum absolute atomic E-state index is 0.326. The first kappa shape index (κ1) is 13.5. The Labute approximate surface area is 109 Å². The number of rotatable bonds is 5. The molecule has 1 aromatic carbocycles. The highest BCUT2D eigenvalue weighted by Gasteiger charge is 2.27. The lowest BCUT2D eigenvalue weighted by molar-refractivity contribution is 0.393. The maximum atomic E-state index is 12.0. The van der Waals surface area contributed by atoms with Crippen LogP contribution in [0.25, 0.3) is 0 Å². The number of nitrogens with two attached hydrogens (primary N) is 1. The molecule has 0 saturated heterocycles. The first-order valence-corrected chi connectivity index (χ1v) is 7.86. The molecule has 0 spiro atoms. The first-order valence-electron chi connectivity index (χ1n) is 6.38. The number of benzene rings is 1. The molecule has 1 saturated carbocycles. The summed E-state index contributed by atoms with van der Waals surface area (Å²) < 4.78 is 26.8. The van der Waals surface area contributed by atoms with E-state index in [0.29, 0.717) is 29.8 Å². The molecule has 5 heteroatoms. The summed E-state index contributed by atoms with van der Waals surface area (Å²) in [6, 6.07) is 8.48. The van der Waals surface area contributed by atoms with Crippen molar-refractivity contribution in [2.24, 2.45) is 17.6 Å². The molecule has 1 fully saturated rings. The van der Waals surface area contributed by atoms with Crippen molar-refractivity contribution in [2.75, 3.05) is 13.1 Å². The van der Waals surface area contributed by atoms with Crippen LogP contribution in [0.1, 0.15) is 19.3 Å². The molecule has 100 valence electrons. The zero-order valence-electron chi connectivity index (χ0n) is 10.4. The molecule has 2 atom stereocenters. The average molecular weight is 268 g/mol. The predicted molar refractivity (Wildman–Crippen MR) is 71.5 cm³/mol. The molecule has 4 nitrogen and oxygen atoms in total. The number of nitrogens with one attached hydrogen (secondary N) is 1. The fourth-order valence-corrected chi connectivity index (χ4v) is 3.71. The lowest BCUT2D eigenvalue weighted by Gasteiger charge is -2.18. The zero-order chi connectivity index (χ0) is 13.0. The second-order valence-corrected chi connectivity index (χ2v) is 6.62. The van der Waals surface area contributed by atoms with Crippen molar-refractivity contribution >= 4 is 10.0 Å². The van der Waals surface area contributed by atoms with E-state index < -0.39 is 10.0 Å². The Morgan fingerprint density at radius 2 is 1.83 bits per heavy atom. The largest absolute Gasteiger partial charge is 0.330 e. The van der Waals surface area contributed by atoms with E-state index in [4.69, 9.17) is 5.73 Å². The summed E-state index contributed by atoms with van der Waals surface area (Å²) in [5.74, 6) is 0.844. The molecule has 2 rings (SSSR count). The average Bonchev–Trinajstić information content (AvgIpc) is 2.85. The van der Waals surface area contributed by atoms with Crippen LogP contribution >= 0.6 is 0 Å². The van der Waals surface area contributed by atoms with Gasteiger partial charge in [0.05, 0.1) is 4.90 Å². The molecule has 0 aliphatic heterocycles. The lowest BCUT2D eigenvalue weighted by atomic mass is 9.97. The molecular weight excluding hydrogens is 248 g/mol. The molecule has 2 unspecified atom stereocenters. The Morgan fingerprint density at radius 3 is 2.50 bits per heavy atom. The lowest BCUT2D eigenvalue weighted by Crippen LogP contribution is -2.32. The van der Waals surface area contributed by atoms with Crippen molar-refractivity contribution in [3.8, 4) is 0 Å². The summed E-state index contributed by atoms with van der Waals surface area (Å²) in [4.78, 5) is 0.326. The maximum absolute atomic E-state index is 12.0. The highest BCUT2D eigenvalue weighted by Crippen LogP contribution is 2.30. The molecule has 0 amide bonds. The van der Waals surface area contributed by atoms with Gasteiger partial charge in [0, 0.05) is 6.54 Å². The van der Waals surface area contributed by atoms with E-state index in [1.54, 1.807) is 30.3 Å². The first-order chi connectivity index (χ1) is 8.63. The summed E-state index contributed by atoms with van der Waals surface area (Å²) in [6.45, 7) is 1.15. The monoisotopic (exact) mass is 268 g/mol. The number of sulfonamides is 1. The highest BCUT2D eigenvalue weighted by atomic mass is 32.2.